The van der Waals surface area contributed by atoms with E-state index in [0.29, 0.717) is 0 Å². The number of H-pyrrole nitrogens is 1. The third kappa shape index (κ3) is 3.00. The number of aromatic nitrogens is 3. The highest BCUT2D eigenvalue weighted by Crippen LogP contribution is 2.31. The van der Waals surface area contributed by atoms with Crippen LogP contribution in [0.3, 0.4) is 0 Å². The fourth-order valence-corrected chi connectivity index (χ4v) is 2.11. The first kappa shape index (κ1) is 15.8. The molecule has 0 spiro atoms. The van der Waals surface area contributed by atoms with Crippen molar-refractivity contribution in [2.24, 2.45) is 7.05 Å². The second-order valence-electron chi connectivity index (χ2n) is 5.13. The number of anilines is 1. The Labute approximate surface area is 132 Å². The van der Waals surface area contributed by atoms with E-state index in [-0.39, 0.29) is 28.1 Å². The molecule has 124 valence electrons. The molecule has 0 fully saturated rings. The minimum Gasteiger partial charge on any atom is -0.324 e. The molecule has 0 atom stereocenters. The molecule has 2 N–H and O–H groups in total. The van der Waals surface area contributed by atoms with E-state index >= 15 is 0 Å². The average molecular weight is 336 g/mol. The average Bonchev–Trinajstić information content (AvgIpc) is 2.90. The molecule has 1 amide bonds. The summed E-state index contributed by atoms with van der Waals surface area (Å²) >= 11 is 0. The van der Waals surface area contributed by atoms with Gasteiger partial charge in [0.2, 0.25) is 5.95 Å². The minimum absolute atomic E-state index is 0.00463. The quantitative estimate of drug-likeness (QED) is 0.755. The summed E-state index contributed by atoms with van der Waals surface area (Å²) in [7, 11) is 1.54. The molecule has 0 aliphatic rings. The van der Waals surface area contributed by atoms with E-state index < -0.39 is 17.6 Å². The van der Waals surface area contributed by atoms with Crippen LogP contribution in [0, 0.1) is 0 Å². The topological polar surface area (TPSA) is 79.8 Å². The van der Waals surface area contributed by atoms with Gasteiger partial charge in [0.15, 0.2) is 0 Å². The Morgan fingerprint density at radius 2 is 2.00 bits per heavy atom. The molecule has 6 nitrogen and oxygen atoms in total. The highest BCUT2D eigenvalue weighted by atomic mass is 19.4. The normalized spacial score (nSPS) is 11.7. The molecule has 0 radical (unpaired) electrons. The third-order valence-electron chi connectivity index (χ3n) is 3.41. The van der Waals surface area contributed by atoms with Gasteiger partial charge in [0.1, 0.15) is 0 Å². The van der Waals surface area contributed by atoms with E-state index in [9.17, 15) is 22.8 Å². The predicted octanol–water partition coefficient (Wildman–Crippen LogP) is 2.53. The van der Waals surface area contributed by atoms with Crippen molar-refractivity contribution < 1.29 is 18.0 Å². The number of aryl methyl sites for hydroxylation is 1. The molecule has 3 aromatic rings. The fourth-order valence-electron chi connectivity index (χ4n) is 2.11. The van der Waals surface area contributed by atoms with Crippen molar-refractivity contribution in [1.82, 2.24) is 14.5 Å². The van der Waals surface area contributed by atoms with Crippen LogP contribution in [0.25, 0.3) is 11.0 Å². The van der Waals surface area contributed by atoms with Crippen molar-refractivity contribution in [1.29, 1.82) is 0 Å². The number of pyridine rings is 1. The van der Waals surface area contributed by atoms with Crippen LogP contribution >= 0.6 is 0 Å². The summed E-state index contributed by atoms with van der Waals surface area (Å²) in [5.41, 5.74) is -0.633. The Morgan fingerprint density at radius 3 is 2.67 bits per heavy atom. The highest BCUT2D eigenvalue weighted by molar-refractivity contribution is 6.03. The molecular weight excluding hydrogens is 325 g/mol. The van der Waals surface area contributed by atoms with Gasteiger partial charge in [-0.05, 0) is 24.3 Å². The Kier molecular flexibility index (Phi) is 3.63. The first-order valence-electron chi connectivity index (χ1n) is 6.79. The van der Waals surface area contributed by atoms with Crippen LogP contribution < -0.4 is 10.9 Å². The van der Waals surface area contributed by atoms with Crippen LogP contribution in [-0.2, 0) is 13.2 Å². The maximum atomic E-state index is 12.7. The molecule has 0 bridgehead atoms. The number of aromatic amines is 1. The standard InChI is InChI=1S/C15H11F3N4O2/c1-22-5-4-8(6-12(22)23)13(24)21-14-19-10-3-2-9(15(16,17)18)7-11(10)20-14/h2-7H,1H3,(H2,19,20,21,24). The molecule has 0 aliphatic carbocycles. The van der Waals surface area contributed by atoms with Gasteiger partial charge in [0, 0.05) is 24.9 Å². The summed E-state index contributed by atoms with van der Waals surface area (Å²) in [5.74, 6) is -0.599. The monoisotopic (exact) mass is 336 g/mol. The van der Waals surface area contributed by atoms with Gasteiger partial charge in [-0.1, -0.05) is 0 Å². The van der Waals surface area contributed by atoms with Crippen molar-refractivity contribution in [3.8, 4) is 0 Å². The van der Waals surface area contributed by atoms with Gasteiger partial charge >= 0.3 is 6.18 Å². The van der Waals surface area contributed by atoms with E-state index in [2.05, 4.69) is 15.3 Å². The number of amides is 1. The third-order valence-corrected chi connectivity index (χ3v) is 3.41. The molecule has 2 aromatic heterocycles. The van der Waals surface area contributed by atoms with Crippen molar-refractivity contribution in [3.63, 3.8) is 0 Å². The molecule has 9 heteroatoms. The zero-order chi connectivity index (χ0) is 17.5. The number of benzene rings is 1. The molecule has 0 saturated heterocycles. The zero-order valence-electron chi connectivity index (χ0n) is 12.3. The second-order valence-corrected chi connectivity index (χ2v) is 5.13. The Hall–Kier alpha value is -3.10. The van der Waals surface area contributed by atoms with Crippen LogP contribution in [0.4, 0.5) is 19.1 Å². The van der Waals surface area contributed by atoms with E-state index in [4.69, 9.17) is 0 Å². The summed E-state index contributed by atoms with van der Waals surface area (Å²) in [6.45, 7) is 0. The lowest BCUT2D eigenvalue weighted by Crippen LogP contribution is -2.20. The van der Waals surface area contributed by atoms with Gasteiger partial charge in [-0.2, -0.15) is 13.2 Å². The van der Waals surface area contributed by atoms with Crippen LogP contribution in [0.2, 0.25) is 0 Å². The number of carbonyl (C=O) groups is 1. The number of nitrogens with one attached hydrogen (secondary N) is 2. The lowest BCUT2D eigenvalue weighted by atomic mass is 10.2. The maximum Gasteiger partial charge on any atom is 0.416 e. The molecule has 0 aliphatic heterocycles. The van der Waals surface area contributed by atoms with Gasteiger partial charge in [0.25, 0.3) is 11.5 Å². The van der Waals surface area contributed by atoms with Crippen molar-refractivity contribution >= 4 is 22.9 Å². The summed E-state index contributed by atoms with van der Waals surface area (Å²) in [5, 5.41) is 2.42. The lowest BCUT2D eigenvalue weighted by Gasteiger charge is -2.05. The Balaban J connectivity index is 1.88. The van der Waals surface area contributed by atoms with E-state index in [1.54, 1.807) is 7.05 Å². The van der Waals surface area contributed by atoms with Gasteiger partial charge in [-0.15, -0.1) is 0 Å². The van der Waals surface area contributed by atoms with Gasteiger partial charge < -0.3 is 9.55 Å². The SMILES string of the molecule is Cn1ccc(C(=O)Nc2nc3ccc(C(F)(F)F)cc3[nH]2)cc1=O. The predicted molar refractivity (Wildman–Crippen MR) is 80.7 cm³/mol. The second kappa shape index (κ2) is 5.52. The molecule has 0 saturated carbocycles. The molecular formula is C15H11F3N4O2. The number of nitrogens with zero attached hydrogens (tertiary/aromatic N) is 2. The Bertz CT molecular complexity index is 988. The summed E-state index contributed by atoms with van der Waals surface area (Å²) in [6.07, 6.45) is -3.03. The van der Waals surface area contributed by atoms with E-state index in [0.717, 1.165) is 18.2 Å². The number of alkyl halides is 3. The molecule has 2 heterocycles. The van der Waals surface area contributed by atoms with Crippen LogP contribution in [0.15, 0.2) is 41.3 Å². The van der Waals surface area contributed by atoms with Crippen LogP contribution in [0.5, 0.6) is 0 Å². The number of hydrogen-bond acceptors (Lipinski definition) is 3. The van der Waals surface area contributed by atoms with Crippen molar-refractivity contribution in [2.75, 3.05) is 5.32 Å². The van der Waals surface area contributed by atoms with Gasteiger partial charge in [-0.3, -0.25) is 14.9 Å². The zero-order valence-corrected chi connectivity index (χ0v) is 12.3. The maximum absolute atomic E-state index is 12.7. The summed E-state index contributed by atoms with van der Waals surface area (Å²) < 4.78 is 39.4. The minimum atomic E-state index is -4.47. The number of fused-ring (bicyclic) bond motifs is 1. The molecule has 0 unspecified atom stereocenters. The lowest BCUT2D eigenvalue weighted by molar-refractivity contribution is -0.137. The van der Waals surface area contributed by atoms with Gasteiger partial charge in [-0.25, -0.2) is 4.98 Å². The number of halogens is 3. The van der Waals surface area contributed by atoms with E-state index in [1.807, 2.05) is 0 Å². The molecule has 3 rings (SSSR count). The first-order valence-corrected chi connectivity index (χ1v) is 6.79. The fraction of sp³-hybridized carbons (Fsp3) is 0.133. The van der Waals surface area contributed by atoms with Gasteiger partial charge in [0.05, 0.1) is 16.6 Å². The summed E-state index contributed by atoms with van der Waals surface area (Å²) in [4.78, 5) is 30.2. The molecule has 1 aromatic carbocycles. The Morgan fingerprint density at radius 1 is 1.25 bits per heavy atom. The molecule has 24 heavy (non-hydrogen) atoms. The van der Waals surface area contributed by atoms with Crippen LogP contribution in [-0.4, -0.2) is 20.4 Å². The number of hydrogen-bond donors (Lipinski definition) is 2. The van der Waals surface area contributed by atoms with Crippen molar-refractivity contribution in [2.45, 2.75) is 6.18 Å². The van der Waals surface area contributed by atoms with Crippen LogP contribution in [0.1, 0.15) is 15.9 Å². The first-order chi connectivity index (χ1) is 11.2. The number of rotatable bonds is 2. The summed E-state index contributed by atoms with van der Waals surface area (Å²) in [6, 6.07) is 5.63. The number of carbonyl (C=O) groups excluding carboxylic acids is 1. The smallest absolute Gasteiger partial charge is 0.324 e. The number of imidazole rings is 1. The highest BCUT2D eigenvalue weighted by Gasteiger charge is 2.30. The van der Waals surface area contributed by atoms with Crippen molar-refractivity contribution in [3.05, 3.63) is 58.0 Å². The largest absolute Gasteiger partial charge is 0.416 e. The van der Waals surface area contributed by atoms with E-state index in [1.165, 1.54) is 22.9 Å².